The number of carboxylic acid groups (broad SMARTS) is 1. The summed E-state index contributed by atoms with van der Waals surface area (Å²) < 4.78 is 10.4. The smallest absolute Gasteiger partial charge is 0.307 e. The summed E-state index contributed by atoms with van der Waals surface area (Å²) in [6.45, 7) is 1.36. The monoisotopic (exact) mass is 264 g/mol. The molecule has 0 amide bonds. The normalized spacial score (nSPS) is 17.9. The van der Waals surface area contributed by atoms with E-state index in [1.807, 2.05) is 24.3 Å². The van der Waals surface area contributed by atoms with Crippen molar-refractivity contribution in [1.82, 2.24) is 0 Å². The first kappa shape index (κ1) is 13.9. The molecule has 0 aliphatic carbocycles. The zero-order valence-corrected chi connectivity index (χ0v) is 11.2. The summed E-state index contributed by atoms with van der Waals surface area (Å²) in [4.78, 5) is 11.5. The average Bonchev–Trinajstić information content (AvgIpc) is 2.46. The van der Waals surface area contributed by atoms with Gasteiger partial charge >= 0.3 is 5.97 Å². The predicted octanol–water partition coefficient (Wildman–Crippen LogP) is 2.37. The lowest BCUT2D eigenvalue weighted by Crippen LogP contribution is -2.30. The Morgan fingerprint density at radius 2 is 2.00 bits per heavy atom. The highest BCUT2D eigenvalue weighted by atomic mass is 16.5. The van der Waals surface area contributed by atoms with Gasteiger partial charge in [0.05, 0.1) is 13.0 Å². The van der Waals surface area contributed by atoms with Crippen LogP contribution in [0.2, 0.25) is 0 Å². The summed E-state index contributed by atoms with van der Waals surface area (Å²) in [5.74, 6) is -0.0185. The number of benzene rings is 1. The Morgan fingerprint density at radius 3 is 2.53 bits per heavy atom. The van der Waals surface area contributed by atoms with Crippen molar-refractivity contribution in [3.05, 3.63) is 29.8 Å². The number of ether oxygens (including phenoxy) is 2. The molecule has 104 valence electrons. The van der Waals surface area contributed by atoms with E-state index in [1.165, 1.54) is 0 Å². The third-order valence-corrected chi connectivity index (χ3v) is 3.77. The van der Waals surface area contributed by atoms with Gasteiger partial charge in [-0.15, -0.1) is 0 Å². The SMILES string of the molecule is COc1ccc(CC(C(=O)O)C2CCOCC2)cc1. The van der Waals surface area contributed by atoms with Gasteiger partial charge in [-0.05, 0) is 42.9 Å². The van der Waals surface area contributed by atoms with Crippen LogP contribution in [0.4, 0.5) is 0 Å². The summed E-state index contributed by atoms with van der Waals surface area (Å²) in [5, 5.41) is 9.42. The molecule has 0 bridgehead atoms. The highest BCUT2D eigenvalue weighted by Crippen LogP contribution is 2.27. The zero-order chi connectivity index (χ0) is 13.7. The van der Waals surface area contributed by atoms with Crippen LogP contribution in [-0.2, 0) is 16.0 Å². The van der Waals surface area contributed by atoms with Crippen molar-refractivity contribution >= 4 is 5.97 Å². The number of hydrogen-bond donors (Lipinski definition) is 1. The minimum absolute atomic E-state index is 0.216. The Labute approximate surface area is 113 Å². The van der Waals surface area contributed by atoms with Gasteiger partial charge in [0.15, 0.2) is 0 Å². The minimum Gasteiger partial charge on any atom is -0.497 e. The van der Waals surface area contributed by atoms with Crippen molar-refractivity contribution < 1.29 is 19.4 Å². The summed E-state index contributed by atoms with van der Waals surface area (Å²) in [6.07, 6.45) is 2.25. The van der Waals surface area contributed by atoms with Gasteiger partial charge in [-0.1, -0.05) is 12.1 Å². The van der Waals surface area contributed by atoms with E-state index < -0.39 is 5.97 Å². The van der Waals surface area contributed by atoms with E-state index in [0.717, 1.165) is 24.2 Å². The molecule has 1 aromatic rings. The largest absolute Gasteiger partial charge is 0.497 e. The fourth-order valence-corrected chi connectivity index (χ4v) is 2.59. The first-order valence-electron chi connectivity index (χ1n) is 6.64. The van der Waals surface area contributed by atoms with Crippen LogP contribution in [0.15, 0.2) is 24.3 Å². The van der Waals surface area contributed by atoms with Crippen LogP contribution in [0.25, 0.3) is 0 Å². The van der Waals surface area contributed by atoms with E-state index in [1.54, 1.807) is 7.11 Å². The van der Waals surface area contributed by atoms with E-state index in [9.17, 15) is 9.90 Å². The highest BCUT2D eigenvalue weighted by Gasteiger charge is 2.29. The second kappa shape index (κ2) is 6.57. The van der Waals surface area contributed by atoms with Crippen LogP contribution in [0.3, 0.4) is 0 Å². The summed E-state index contributed by atoms with van der Waals surface area (Å²) in [7, 11) is 1.62. The first-order valence-corrected chi connectivity index (χ1v) is 6.64. The number of hydrogen-bond acceptors (Lipinski definition) is 3. The third kappa shape index (κ3) is 3.70. The maximum absolute atomic E-state index is 11.5. The molecule has 2 rings (SSSR count). The first-order chi connectivity index (χ1) is 9.20. The van der Waals surface area contributed by atoms with Crippen molar-refractivity contribution in [2.45, 2.75) is 19.3 Å². The number of rotatable bonds is 5. The molecule has 1 N–H and O–H groups in total. The Hall–Kier alpha value is -1.55. The van der Waals surface area contributed by atoms with Crippen LogP contribution in [-0.4, -0.2) is 31.4 Å². The average molecular weight is 264 g/mol. The second-order valence-corrected chi connectivity index (χ2v) is 4.95. The fourth-order valence-electron chi connectivity index (χ4n) is 2.59. The number of carboxylic acids is 1. The Kier molecular flexibility index (Phi) is 4.80. The summed E-state index contributed by atoms with van der Waals surface area (Å²) in [5.41, 5.74) is 1.04. The van der Waals surface area contributed by atoms with E-state index in [0.29, 0.717) is 19.6 Å². The van der Waals surface area contributed by atoms with Gasteiger partial charge in [0.25, 0.3) is 0 Å². The van der Waals surface area contributed by atoms with Gasteiger partial charge in [-0.3, -0.25) is 4.79 Å². The van der Waals surface area contributed by atoms with Gasteiger partial charge < -0.3 is 14.6 Å². The van der Waals surface area contributed by atoms with Crippen molar-refractivity contribution in [1.29, 1.82) is 0 Å². The summed E-state index contributed by atoms with van der Waals surface area (Å²) in [6, 6.07) is 7.62. The van der Waals surface area contributed by atoms with Crippen LogP contribution < -0.4 is 4.74 Å². The molecule has 0 spiro atoms. The molecule has 19 heavy (non-hydrogen) atoms. The molecule has 1 unspecified atom stereocenters. The standard InChI is InChI=1S/C15H20O4/c1-18-13-4-2-11(3-5-13)10-14(15(16)17)12-6-8-19-9-7-12/h2-5,12,14H,6-10H2,1H3,(H,16,17). The molecule has 0 aromatic heterocycles. The maximum Gasteiger partial charge on any atom is 0.307 e. The van der Waals surface area contributed by atoms with Crippen LogP contribution in [0.1, 0.15) is 18.4 Å². The van der Waals surface area contributed by atoms with Crippen molar-refractivity contribution in [3.63, 3.8) is 0 Å². The molecule has 0 saturated carbocycles. The zero-order valence-electron chi connectivity index (χ0n) is 11.2. The topological polar surface area (TPSA) is 55.8 Å². The van der Waals surface area contributed by atoms with Gasteiger partial charge in [0.1, 0.15) is 5.75 Å². The van der Waals surface area contributed by atoms with E-state index >= 15 is 0 Å². The molecule has 1 aromatic carbocycles. The maximum atomic E-state index is 11.5. The molecular weight excluding hydrogens is 244 g/mol. The molecule has 4 heteroatoms. The van der Waals surface area contributed by atoms with Crippen LogP contribution in [0.5, 0.6) is 5.75 Å². The Morgan fingerprint density at radius 1 is 1.37 bits per heavy atom. The lowest BCUT2D eigenvalue weighted by molar-refractivity contribution is -0.145. The summed E-state index contributed by atoms with van der Waals surface area (Å²) >= 11 is 0. The number of carbonyl (C=O) groups is 1. The lowest BCUT2D eigenvalue weighted by atomic mass is 9.82. The molecule has 1 atom stereocenters. The molecule has 1 saturated heterocycles. The Balaban J connectivity index is 2.04. The molecule has 1 aliphatic heterocycles. The molecular formula is C15H20O4. The number of aliphatic carboxylic acids is 1. The Bertz CT molecular complexity index is 407. The highest BCUT2D eigenvalue weighted by molar-refractivity contribution is 5.70. The van der Waals surface area contributed by atoms with E-state index in [2.05, 4.69) is 0 Å². The molecule has 0 radical (unpaired) electrons. The van der Waals surface area contributed by atoms with Crippen molar-refractivity contribution in [3.8, 4) is 5.75 Å². The minimum atomic E-state index is -0.706. The predicted molar refractivity (Wildman–Crippen MR) is 71.4 cm³/mol. The van der Waals surface area contributed by atoms with Gasteiger partial charge in [0, 0.05) is 13.2 Å². The molecule has 1 heterocycles. The third-order valence-electron chi connectivity index (χ3n) is 3.77. The lowest BCUT2D eigenvalue weighted by Gasteiger charge is -2.27. The number of methoxy groups -OCH3 is 1. The van der Waals surface area contributed by atoms with E-state index in [4.69, 9.17) is 9.47 Å². The van der Waals surface area contributed by atoms with Gasteiger partial charge in [-0.2, -0.15) is 0 Å². The van der Waals surface area contributed by atoms with E-state index in [-0.39, 0.29) is 11.8 Å². The van der Waals surface area contributed by atoms with Crippen molar-refractivity contribution in [2.24, 2.45) is 11.8 Å². The molecule has 1 fully saturated rings. The van der Waals surface area contributed by atoms with Crippen LogP contribution >= 0.6 is 0 Å². The van der Waals surface area contributed by atoms with Crippen molar-refractivity contribution in [2.75, 3.05) is 20.3 Å². The fraction of sp³-hybridized carbons (Fsp3) is 0.533. The van der Waals surface area contributed by atoms with Gasteiger partial charge in [-0.25, -0.2) is 0 Å². The molecule has 4 nitrogen and oxygen atoms in total. The quantitative estimate of drug-likeness (QED) is 0.887. The second-order valence-electron chi connectivity index (χ2n) is 4.95. The van der Waals surface area contributed by atoms with Crippen LogP contribution in [0, 0.1) is 11.8 Å². The van der Waals surface area contributed by atoms with Gasteiger partial charge in [0.2, 0.25) is 0 Å². The molecule has 1 aliphatic rings.